The van der Waals surface area contributed by atoms with Gasteiger partial charge in [-0.2, -0.15) is 0 Å². The van der Waals surface area contributed by atoms with Gasteiger partial charge in [-0.1, -0.05) is 46.0 Å². The van der Waals surface area contributed by atoms with Crippen molar-refractivity contribution >= 4 is 23.4 Å². The summed E-state index contributed by atoms with van der Waals surface area (Å²) in [5.41, 5.74) is 5.91. The largest absolute Gasteiger partial charge is 0.326 e. The average Bonchev–Trinajstić information content (AvgIpc) is 2.65. The van der Waals surface area contributed by atoms with Gasteiger partial charge in [-0.15, -0.1) is 0 Å². The highest BCUT2D eigenvalue weighted by molar-refractivity contribution is 5.96. The molecule has 0 aliphatic heterocycles. The zero-order valence-corrected chi connectivity index (χ0v) is 15.9. The number of hydrazine groups is 1. The Bertz CT molecular complexity index is 570. The van der Waals surface area contributed by atoms with E-state index in [1.807, 2.05) is 6.92 Å². The van der Waals surface area contributed by atoms with Crippen molar-refractivity contribution < 1.29 is 14.4 Å². The minimum atomic E-state index is -0.381. The number of anilines is 1. The molecule has 1 aromatic rings. The summed E-state index contributed by atoms with van der Waals surface area (Å²) in [7, 11) is 0. The van der Waals surface area contributed by atoms with Crippen LogP contribution in [0.1, 0.15) is 82.0 Å². The molecule has 0 fully saturated rings. The van der Waals surface area contributed by atoms with Gasteiger partial charge in [0, 0.05) is 24.1 Å². The third-order valence-corrected chi connectivity index (χ3v) is 4.01. The van der Waals surface area contributed by atoms with Gasteiger partial charge in [-0.05, 0) is 37.1 Å². The van der Waals surface area contributed by atoms with Crippen LogP contribution in [0.3, 0.4) is 0 Å². The molecule has 0 saturated carbocycles. The fourth-order valence-electron chi connectivity index (χ4n) is 2.42. The van der Waals surface area contributed by atoms with E-state index in [9.17, 15) is 14.4 Å². The lowest BCUT2D eigenvalue weighted by Crippen LogP contribution is -2.41. The first kappa shape index (κ1) is 21.7. The first-order chi connectivity index (χ1) is 12.6. The van der Waals surface area contributed by atoms with E-state index in [1.54, 1.807) is 24.3 Å². The molecular formula is C20H31N3O3. The molecule has 0 aromatic heterocycles. The highest BCUT2D eigenvalue weighted by atomic mass is 16.2. The molecule has 0 saturated heterocycles. The van der Waals surface area contributed by atoms with Crippen LogP contribution in [-0.4, -0.2) is 17.7 Å². The summed E-state index contributed by atoms with van der Waals surface area (Å²) < 4.78 is 0. The Morgan fingerprint density at radius 1 is 0.731 bits per heavy atom. The van der Waals surface area contributed by atoms with Crippen LogP contribution in [0, 0.1) is 0 Å². The van der Waals surface area contributed by atoms with Gasteiger partial charge in [-0.25, -0.2) is 0 Å². The fourth-order valence-corrected chi connectivity index (χ4v) is 2.42. The quantitative estimate of drug-likeness (QED) is 0.412. The molecule has 0 spiro atoms. The number of hydrogen-bond donors (Lipinski definition) is 3. The highest BCUT2D eigenvalue weighted by Gasteiger charge is 2.08. The SMILES string of the molecule is CCCCCCCC(=O)NNC(=O)c1ccc(NC(=O)CCCC)cc1. The van der Waals surface area contributed by atoms with Gasteiger partial charge < -0.3 is 5.32 Å². The molecule has 144 valence electrons. The van der Waals surface area contributed by atoms with E-state index in [2.05, 4.69) is 23.1 Å². The van der Waals surface area contributed by atoms with Crippen molar-refractivity contribution in [3.05, 3.63) is 29.8 Å². The molecule has 0 aliphatic carbocycles. The van der Waals surface area contributed by atoms with E-state index in [0.717, 1.165) is 32.1 Å². The molecule has 0 unspecified atom stereocenters. The predicted octanol–water partition coefficient (Wildman–Crippen LogP) is 3.94. The lowest BCUT2D eigenvalue weighted by molar-refractivity contribution is -0.122. The van der Waals surface area contributed by atoms with Gasteiger partial charge in [0.05, 0.1) is 0 Å². The highest BCUT2D eigenvalue weighted by Crippen LogP contribution is 2.10. The number of carbonyl (C=O) groups is 3. The second-order valence-corrected chi connectivity index (χ2v) is 6.40. The number of unbranched alkanes of at least 4 members (excludes halogenated alkanes) is 5. The molecular weight excluding hydrogens is 330 g/mol. The number of hydrogen-bond acceptors (Lipinski definition) is 3. The molecule has 3 amide bonds. The van der Waals surface area contributed by atoms with Crippen molar-refractivity contribution in [2.75, 3.05) is 5.32 Å². The van der Waals surface area contributed by atoms with Gasteiger partial charge in [0.25, 0.3) is 5.91 Å². The van der Waals surface area contributed by atoms with Gasteiger partial charge in [0.15, 0.2) is 0 Å². The molecule has 0 bridgehead atoms. The molecule has 3 N–H and O–H groups in total. The molecule has 1 aromatic carbocycles. The summed E-state index contributed by atoms with van der Waals surface area (Å²) in [4.78, 5) is 35.4. The van der Waals surface area contributed by atoms with Gasteiger partial charge in [0.1, 0.15) is 0 Å². The standard InChI is InChI=1S/C20H31N3O3/c1-3-5-7-8-9-11-19(25)22-23-20(26)16-12-14-17(15-13-16)21-18(24)10-6-4-2/h12-15H,3-11H2,1-2H3,(H,21,24)(H,22,25)(H,23,26). The number of rotatable bonds is 11. The molecule has 1 rings (SSSR count). The number of amides is 3. The Morgan fingerprint density at radius 3 is 2.00 bits per heavy atom. The monoisotopic (exact) mass is 361 g/mol. The van der Waals surface area contributed by atoms with Gasteiger partial charge in [-0.3, -0.25) is 25.2 Å². The zero-order chi connectivity index (χ0) is 19.2. The first-order valence-electron chi connectivity index (χ1n) is 9.56. The van der Waals surface area contributed by atoms with E-state index >= 15 is 0 Å². The number of nitrogens with one attached hydrogen (secondary N) is 3. The molecule has 6 nitrogen and oxygen atoms in total. The second-order valence-electron chi connectivity index (χ2n) is 6.40. The van der Waals surface area contributed by atoms with Crippen LogP contribution in [0.15, 0.2) is 24.3 Å². The lowest BCUT2D eigenvalue weighted by atomic mass is 10.1. The summed E-state index contributed by atoms with van der Waals surface area (Å²) >= 11 is 0. The maximum atomic E-state index is 12.0. The van der Waals surface area contributed by atoms with E-state index < -0.39 is 0 Å². The Morgan fingerprint density at radius 2 is 1.35 bits per heavy atom. The molecule has 6 heteroatoms. The van der Waals surface area contributed by atoms with Crippen molar-refractivity contribution in [1.29, 1.82) is 0 Å². The molecule has 0 atom stereocenters. The maximum Gasteiger partial charge on any atom is 0.269 e. The normalized spacial score (nSPS) is 10.2. The van der Waals surface area contributed by atoms with Crippen LogP contribution < -0.4 is 16.2 Å². The van der Waals surface area contributed by atoms with E-state index in [-0.39, 0.29) is 17.7 Å². The van der Waals surface area contributed by atoms with Crippen LogP contribution in [0.4, 0.5) is 5.69 Å². The average molecular weight is 361 g/mol. The Labute approximate surface area is 156 Å². The van der Waals surface area contributed by atoms with E-state index in [4.69, 9.17) is 0 Å². The van der Waals surface area contributed by atoms with E-state index in [1.165, 1.54) is 12.8 Å². The van der Waals surface area contributed by atoms with Crippen LogP contribution in [0.2, 0.25) is 0 Å². The van der Waals surface area contributed by atoms with Gasteiger partial charge in [0.2, 0.25) is 11.8 Å². The third kappa shape index (κ3) is 9.20. The number of carbonyl (C=O) groups excluding carboxylic acids is 3. The van der Waals surface area contributed by atoms with Crippen molar-refractivity contribution in [2.45, 2.75) is 71.6 Å². The van der Waals surface area contributed by atoms with Crippen molar-refractivity contribution in [3.8, 4) is 0 Å². The van der Waals surface area contributed by atoms with Gasteiger partial charge >= 0.3 is 0 Å². The zero-order valence-electron chi connectivity index (χ0n) is 15.9. The Hall–Kier alpha value is -2.37. The van der Waals surface area contributed by atoms with Crippen molar-refractivity contribution in [3.63, 3.8) is 0 Å². The molecule has 26 heavy (non-hydrogen) atoms. The minimum Gasteiger partial charge on any atom is -0.326 e. The van der Waals surface area contributed by atoms with Crippen LogP contribution in [0.25, 0.3) is 0 Å². The summed E-state index contributed by atoms with van der Waals surface area (Å²) in [6.07, 6.45) is 8.07. The van der Waals surface area contributed by atoms with Crippen LogP contribution in [0.5, 0.6) is 0 Å². The fraction of sp³-hybridized carbons (Fsp3) is 0.550. The number of benzene rings is 1. The Balaban J connectivity index is 2.32. The summed E-state index contributed by atoms with van der Waals surface area (Å²) in [5, 5.41) is 2.79. The third-order valence-electron chi connectivity index (χ3n) is 4.01. The Kier molecular flexibility index (Phi) is 10.8. The lowest BCUT2D eigenvalue weighted by Gasteiger charge is -2.09. The summed E-state index contributed by atoms with van der Waals surface area (Å²) in [6.45, 7) is 4.18. The molecule has 0 heterocycles. The first-order valence-corrected chi connectivity index (χ1v) is 9.56. The van der Waals surface area contributed by atoms with E-state index in [0.29, 0.717) is 24.1 Å². The second kappa shape index (κ2) is 12.9. The van der Waals surface area contributed by atoms with Crippen LogP contribution in [-0.2, 0) is 9.59 Å². The minimum absolute atomic E-state index is 0.0322. The predicted molar refractivity (Wildman–Crippen MR) is 104 cm³/mol. The smallest absolute Gasteiger partial charge is 0.269 e. The molecule has 0 aliphatic rings. The van der Waals surface area contributed by atoms with Crippen LogP contribution >= 0.6 is 0 Å². The maximum absolute atomic E-state index is 12.0. The van der Waals surface area contributed by atoms with Crippen molar-refractivity contribution in [1.82, 2.24) is 10.9 Å². The molecule has 0 radical (unpaired) electrons. The summed E-state index contributed by atoms with van der Waals surface area (Å²) in [6, 6.07) is 6.58. The topological polar surface area (TPSA) is 87.3 Å². The van der Waals surface area contributed by atoms with Crippen molar-refractivity contribution in [2.24, 2.45) is 0 Å². The summed E-state index contributed by atoms with van der Waals surface area (Å²) in [5.74, 6) is -0.599.